The van der Waals surface area contributed by atoms with Crippen molar-refractivity contribution in [2.45, 2.75) is 45.1 Å². The summed E-state index contributed by atoms with van der Waals surface area (Å²) in [6.07, 6.45) is 5.17. The van der Waals surface area contributed by atoms with Crippen LogP contribution in [0.15, 0.2) is 6.20 Å². The first kappa shape index (κ1) is 11.8. The lowest BCUT2D eigenvalue weighted by Crippen LogP contribution is -2.38. The summed E-state index contributed by atoms with van der Waals surface area (Å²) in [6, 6.07) is 0.169. The predicted octanol–water partition coefficient (Wildman–Crippen LogP) is 0.752. The van der Waals surface area contributed by atoms with Crippen LogP contribution in [0, 0.1) is 0 Å². The van der Waals surface area contributed by atoms with Gasteiger partial charge in [-0.15, -0.1) is 0 Å². The van der Waals surface area contributed by atoms with Gasteiger partial charge in [0.2, 0.25) is 5.91 Å². The normalized spacial score (nSPS) is 18.5. The standard InChI is InChI=1S/C12H17N3O2/c1-8(16)2-5-12(17)14-10-4-3-9-7-13-15-11(9)6-10/h7,10H,2-6H2,1H3,(H,13,15)(H,14,17). The van der Waals surface area contributed by atoms with Crippen LogP contribution in [-0.4, -0.2) is 27.9 Å². The molecule has 1 atom stereocenters. The van der Waals surface area contributed by atoms with E-state index in [0.29, 0.717) is 12.8 Å². The summed E-state index contributed by atoms with van der Waals surface area (Å²) < 4.78 is 0. The number of H-pyrrole nitrogens is 1. The monoisotopic (exact) mass is 235 g/mol. The molecular weight excluding hydrogens is 218 g/mol. The van der Waals surface area contributed by atoms with E-state index in [4.69, 9.17) is 0 Å². The molecule has 1 aromatic heterocycles. The van der Waals surface area contributed by atoms with Crippen molar-refractivity contribution in [2.24, 2.45) is 0 Å². The molecule has 1 aliphatic carbocycles. The van der Waals surface area contributed by atoms with E-state index in [-0.39, 0.29) is 17.7 Å². The Morgan fingerprint density at radius 3 is 3.12 bits per heavy atom. The van der Waals surface area contributed by atoms with Crippen LogP contribution in [0.4, 0.5) is 0 Å². The zero-order valence-corrected chi connectivity index (χ0v) is 9.95. The molecule has 0 aliphatic heterocycles. The van der Waals surface area contributed by atoms with Crippen LogP contribution >= 0.6 is 0 Å². The van der Waals surface area contributed by atoms with Crippen LogP contribution in [0.2, 0.25) is 0 Å². The maximum atomic E-state index is 11.6. The zero-order chi connectivity index (χ0) is 12.3. The van der Waals surface area contributed by atoms with E-state index in [1.54, 1.807) is 0 Å². The number of ketones is 1. The Labute approximate surface area is 100.0 Å². The number of carbonyl (C=O) groups is 2. The van der Waals surface area contributed by atoms with E-state index in [9.17, 15) is 9.59 Å². The first-order valence-electron chi connectivity index (χ1n) is 5.95. The van der Waals surface area contributed by atoms with Crippen molar-refractivity contribution >= 4 is 11.7 Å². The number of aromatic nitrogens is 2. The molecule has 0 fully saturated rings. The maximum Gasteiger partial charge on any atom is 0.220 e. The molecule has 1 unspecified atom stereocenters. The highest BCUT2D eigenvalue weighted by atomic mass is 16.2. The molecular formula is C12H17N3O2. The van der Waals surface area contributed by atoms with Gasteiger partial charge in [-0.05, 0) is 25.3 Å². The number of nitrogens with one attached hydrogen (secondary N) is 2. The third kappa shape index (κ3) is 3.15. The molecule has 0 bridgehead atoms. The lowest BCUT2D eigenvalue weighted by Gasteiger charge is -2.22. The molecule has 0 aromatic carbocycles. The van der Waals surface area contributed by atoms with Gasteiger partial charge in [0.05, 0.1) is 6.20 Å². The quantitative estimate of drug-likeness (QED) is 0.808. The van der Waals surface area contributed by atoms with Gasteiger partial charge >= 0.3 is 0 Å². The molecule has 1 amide bonds. The van der Waals surface area contributed by atoms with Crippen LogP contribution in [0.3, 0.4) is 0 Å². The van der Waals surface area contributed by atoms with Crippen LogP contribution < -0.4 is 5.32 Å². The third-order valence-corrected chi connectivity index (χ3v) is 3.09. The third-order valence-electron chi connectivity index (χ3n) is 3.09. The summed E-state index contributed by atoms with van der Waals surface area (Å²) in [6.45, 7) is 1.50. The van der Waals surface area contributed by atoms with Gasteiger partial charge in [0, 0.05) is 31.0 Å². The van der Waals surface area contributed by atoms with Crippen molar-refractivity contribution < 1.29 is 9.59 Å². The average Bonchev–Trinajstić information content (AvgIpc) is 2.73. The minimum absolute atomic E-state index is 0.0341. The van der Waals surface area contributed by atoms with Gasteiger partial charge in [0.15, 0.2) is 0 Å². The SMILES string of the molecule is CC(=O)CCC(=O)NC1CCc2cn[nH]c2C1. The lowest BCUT2D eigenvalue weighted by atomic mass is 9.93. The molecule has 92 valence electrons. The summed E-state index contributed by atoms with van der Waals surface area (Å²) in [5.41, 5.74) is 2.37. The van der Waals surface area contributed by atoms with Crippen molar-refractivity contribution in [1.82, 2.24) is 15.5 Å². The number of hydrogen-bond donors (Lipinski definition) is 2. The van der Waals surface area contributed by atoms with E-state index in [2.05, 4.69) is 15.5 Å². The molecule has 17 heavy (non-hydrogen) atoms. The number of amides is 1. The molecule has 0 radical (unpaired) electrons. The van der Waals surface area contributed by atoms with Gasteiger partial charge < -0.3 is 10.1 Å². The summed E-state index contributed by atoms with van der Waals surface area (Å²) >= 11 is 0. The van der Waals surface area contributed by atoms with Crippen LogP contribution in [0.5, 0.6) is 0 Å². The molecule has 1 aliphatic rings. The smallest absolute Gasteiger partial charge is 0.220 e. The fourth-order valence-corrected chi connectivity index (χ4v) is 2.12. The highest BCUT2D eigenvalue weighted by molar-refractivity contribution is 5.83. The van der Waals surface area contributed by atoms with Crippen molar-refractivity contribution in [3.05, 3.63) is 17.5 Å². The second kappa shape index (κ2) is 5.12. The minimum Gasteiger partial charge on any atom is -0.353 e. The van der Waals surface area contributed by atoms with Crippen molar-refractivity contribution in [3.63, 3.8) is 0 Å². The van der Waals surface area contributed by atoms with Crippen LogP contribution in [0.1, 0.15) is 37.4 Å². The van der Waals surface area contributed by atoms with E-state index in [0.717, 1.165) is 25.0 Å². The second-order valence-electron chi connectivity index (χ2n) is 4.58. The van der Waals surface area contributed by atoms with E-state index < -0.39 is 0 Å². The number of nitrogens with zero attached hydrogens (tertiary/aromatic N) is 1. The Hall–Kier alpha value is -1.65. The molecule has 1 heterocycles. The summed E-state index contributed by atoms with van der Waals surface area (Å²) in [7, 11) is 0. The molecule has 1 aromatic rings. The number of Topliss-reactive ketones (excluding diaryl/α,β-unsaturated/α-hetero) is 1. The molecule has 2 rings (SSSR count). The van der Waals surface area contributed by atoms with Crippen molar-refractivity contribution in [1.29, 1.82) is 0 Å². The number of aryl methyl sites for hydroxylation is 1. The van der Waals surface area contributed by atoms with Gasteiger partial charge in [-0.3, -0.25) is 9.89 Å². The number of carbonyl (C=O) groups excluding carboxylic acids is 2. The molecule has 2 N–H and O–H groups in total. The highest BCUT2D eigenvalue weighted by Gasteiger charge is 2.21. The fraction of sp³-hybridized carbons (Fsp3) is 0.583. The zero-order valence-electron chi connectivity index (χ0n) is 9.95. The number of rotatable bonds is 4. The van der Waals surface area contributed by atoms with Crippen LogP contribution in [-0.2, 0) is 22.4 Å². The van der Waals surface area contributed by atoms with Crippen LogP contribution in [0.25, 0.3) is 0 Å². The Balaban J connectivity index is 1.81. The number of hydrogen-bond acceptors (Lipinski definition) is 3. The summed E-state index contributed by atoms with van der Waals surface area (Å²) in [5.74, 6) is 0.0211. The largest absolute Gasteiger partial charge is 0.353 e. The van der Waals surface area contributed by atoms with Crippen molar-refractivity contribution in [2.75, 3.05) is 0 Å². The summed E-state index contributed by atoms with van der Waals surface area (Å²) in [5, 5.41) is 9.92. The highest BCUT2D eigenvalue weighted by Crippen LogP contribution is 2.18. The van der Waals surface area contributed by atoms with E-state index in [1.165, 1.54) is 12.5 Å². The van der Waals surface area contributed by atoms with Gasteiger partial charge in [-0.25, -0.2) is 0 Å². The molecule has 0 spiro atoms. The van der Waals surface area contributed by atoms with Gasteiger partial charge in [-0.2, -0.15) is 5.10 Å². The Morgan fingerprint density at radius 1 is 1.53 bits per heavy atom. The summed E-state index contributed by atoms with van der Waals surface area (Å²) in [4.78, 5) is 22.4. The minimum atomic E-state index is -0.0341. The Kier molecular flexibility index (Phi) is 3.56. The molecule has 5 heteroatoms. The van der Waals surface area contributed by atoms with Gasteiger partial charge in [0.25, 0.3) is 0 Å². The first-order chi connectivity index (χ1) is 8.15. The second-order valence-corrected chi connectivity index (χ2v) is 4.58. The topological polar surface area (TPSA) is 74.8 Å². The maximum absolute atomic E-state index is 11.6. The van der Waals surface area contributed by atoms with Gasteiger partial charge in [0.1, 0.15) is 5.78 Å². The van der Waals surface area contributed by atoms with E-state index >= 15 is 0 Å². The van der Waals surface area contributed by atoms with E-state index in [1.807, 2.05) is 6.20 Å². The predicted molar refractivity (Wildman–Crippen MR) is 62.5 cm³/mol. The number of aromatic amines is 1. The van der Waals surface area contributed by atoms with Gasteiger partial charge in [-0.1, -0.05) is 0 Å². The Morgan fingerprint density at radius 2 is 2.35 bits per heavy atom. The lowest BCUT2D eigenvalue weighted by molar-refractivity contribution is -0.125. The molecule has 5 nitrogen and oxygen atoms in total. The fourth-order valence-electron chi connectivity index (χ4n) is 2.12. The molecule has 0 saturated carbocycles. The molecule has 0 saturated heterocycles. The number of fused-ring (bicyclic) bond motifs is 1. The average molecular weight is 235 g/mol. The van der Waals surface area contributed by atoms with Crippen molar-refractivity contribution in [3.8, 4) is 0 Å². The first-order valence-corrected chi connectivity index (χ1v) is 5.95. The Bertz CT molecular complexity index is 425.